The molecule has 0 atom stereocenters. The van der Waals surface area contributed by atoms with E-state index < -0.39 is 0 Å². The van der Waals surface area contributed by atoms with E-state index in [0.29, 0.717) is 6.04 Å². The second-order valence-electron chi connectivity index (χ2n) is 5.83. The Bertz CT molecular complexity index is 390. The molecule has 1 N–H and O–H groups in total. The van der Waals surface area contributed by atoms with Crippen LogP contribution < -0.4 is 10.1 Å². The zero-order chi connectivity index (χ0) is 19.5. The first kappa shape index (κ1) is 29.9. The van der Waals surface area contributed by atoms with Crippen LogP contribution in [0, 0.1) is 5.92 Å². The molecular formula is C22H41NO2W. The summed E-state index contributed by atoms with van der Waals surface area (Å²) in [7, 11) is 0. The molecule has 1 aromatic carbocycles. The Kier molecular flexibility index (Phi) is 25.6. The average Bonchev–Trinajstić information content (AvgIpc) is 2.67. The third kappa shape index (κ3) is 16.6. The molecule has 3 nitrogen and oxygen atoms in total. The summed E-state index contributed by atoms with van der Waals surface area (Å²) in [6.07, 6.45) is 5.87. The van der Waals surface area contributed by atoms with Crippen LogP contribution in [0.2, 0.25) is 0 Å². The van der Waals surface area contributed by atoms with Crippen molar-refractivity contribution in [3.05, 3.63) is 30.3 Å². The van der Waals surface area contributed by atoms with E-state index >= 15 is 0 Å². The standard InChI is InChI=1S/C15H21NO2.C3H8.2C2H6.W/c1-12-7-9-13(10-8-12)16-15(17)11-18-14-5-3-2-4-6-14;1-3-2;2*1-2;/h2-6,12-13H,7-11H2,1H3,(H,16,17);3H2,1-2H3;2*1-2H3;. The quantitative estimate of drug-likeness (QED) is 0.497. The molecule has 0 bridgehead atoms. The van der Waals surface area contributed by atoms with Crippen molar-refractivity contribution in [3.8, 4) is 5.75 Å². The molecule has 1 aliphatic carbocycles. The number of benzene rings is 1. The Hall–Kier alpha value is -0.822. The van der Waals surface area contributed by atoms with E-state index in [1.807, 2.05) is 58.0 Å². The van der Waals surface area contributed by atoms with Gasteiger partial charge < -0.3 is 10.1 Å². The molecule has 1 fully saturated rings. The first-order chi connectivity index (χ1) is 12.2. The maximum absolute atomic E-state index is 11.7. The molecule has 1 saturated carbocycles. The molecule has 0 saturated heterocycles. The van der Waals surface area contributed by atoms with Crippen molar-refractivity contribution in [2.75, 3.05) is 6.61 Å². The Morgan fingerprint density at radius 2 is 1.46 bits per heavy atom. The number of rotatable bonds is 4. The van der Waals surface area contributed by atoms with Crippen LogP contribution >= 0.6 is 0 Å². The van der Waals surface area contributed by atoms with Crippen molar-refractivity contribution >= 4 is 5.91 Å². The van der Waals surface area contributed by atoms with Gasteiger partial charge in [-0.3, -0.25) is 4.79 Å². The zero-order valence-electron chi connectivity index (χ0n) is 18.0. The molecule has 0 aliphatic heterocycles. The number of nitrogens with one attached hydrogen (secondary N) is 1. The van der Waals surface area contributed by atoms with Gasteiger partial charge in [-0.2, -0.15) is 0 Å². The van der Waals surface area contributed by atoms with E-state index in [4.69, 9.17) is 4.74 Å². The summed E-state index contributed by atoms with van der Waals surface area (Å²) in [6.45, 7) is 14.6. The van der Waals surface area contributed by atoms with Gasteiger partial charge in [-0.1, -0.05) is 73.1 Å². The van der Waals surface area contributed by atoms with Crippen molar-refractivity contribution in [1.82, 2.24) is 5.32 Å². The van der Waals surface area contributed by atoms with Crippen LogP contribution in [0.5, 0.6) is 5.75 Å². The summed E-state index contributed by atoms with van der Waals surface area (Å²) in [6, 6.07) is 9.78. The van der Waals surface area contributed by atoms with Gasteiger partial charge in [0, 0.05) is 27.1 Å². The van der Waals surface area contributed by atoms with Crippen LogP contribution in [0.3, 0.4) is 0 Å². The molecule has 0 heterocycles. The fourth-order valence-corrected chi connectivity index (χ4v) is 2.34. The number of amides is 1. The third-order valence-electron chi connectivity index (χ3n) is 3.49. The van der Waals surface area contributed by atoms with Gasteiger partial charge in [0.05, 0.1) is 0 Å². The van der Waals surface area contributed by atoms with E-state index in [2.05, 4.69) is 26.1 Å². The number of carbonyl (C=O) groups is 1. The van der Waals surface area contributed by atoms with Crippen LogP contribution in [0.4, 0.5) is 0 Å². The van der Waals surface area contributed by atoms with Crippen molar-refractivity contribution in [2.45, 2.75) is 86.6 Å². The molecule has 0 spiro atoms. The molecule has 1 amide bonds. The Morgan fingerprint density at radius 3 is 1.92 bits per heavy atom. The predicted molar refractivity (Wildman–Crippen MR) is 110 cm³/mol. The third-order valence-corrected chi connectivity index (χ3v) is 3.49. The Morgan fingerprint density at radius 1 is 1.00 bits per heavy atom. The number of ether oxygens (including phenoxy) is 1. The number of hydrogen-bond acceptors (Lipinski definition) is 2. The molecule has 152 valence electrons. The maximum atomic E-state index is 11.7. The fraction of sp³-hybridized carbons (Fsp3) is 0.682. The summed E-state index contributed by atoms with van der Waals surface area (Å²) < 4.78 is 5.42. The molecule has 2 rings (SSSR count). The molecule has 4 heteroatoms. The van der Waals surface area contributed by atoms with Crippen molar-refractivity contribution in [3.63, 3.8) is 0 Å². The average molecular weight is 535 g/mol. The number of para-hydroxylation sites is 1. The van der Waals surface area contributed by atoms with Gasteiger partial charge in [-0.15, -0.1) is 0 Å². The monoisotopic (exact) mass is 535 g/mol. The van der Waals surface area contributed by atoms with Gasteiger partial charge >= 0.3 is 0 Å². The SMILES string of the molecule is CC.CC.CC1CCC(NC(=O)COc2ccccc2)CC1.CCC.[W]. The minimum Gasteiger partial charge on any atom is -0.484 e. The van der Waals surface area contributed by atoms with Crippen LogP contribution in [0.25, 0.3) is 0 Å². The summed E-state index contributed by atoms with van der Waals surface area (Å²) in [5.74, 6) is 1.53. The summed E-state index contributed by atoms with van der Waals surface area (Å²) in [5.41, 5.74) is 0. The van der Waals surface area contributed by atoms with Gasteiger partial charge in [-0.25, -0.2) is 0 Å². The smallest absolute Gasteiger partial charge is 0.258 e. The van der Waals surface area contributed by atoms with Gasteiger partial charge in [-0.05, 0) is 43.7 Å². The normalized spacial score (nSPS) is 17.3. The summed E-state index contributed by atoms with van der Waals surface area (Å²) >= 11 is 0. The van der Waals surface area contributed by atoms with Crippen LogP contribution in [0.1, 0.15) is 80.6 Å². The van der Waals surface area contributed by atoms with E-state index in [9.17, 15) is 4.79 Å². The molecule has 1 aliphatic rings. The Labute approximate surface area is 176 Å². The van der Waals surface area contributed by atoms with E-state index in [1.54, 1.807) is 0 Å². The van der Waals surface area contributed by atoms with Gasteiger partial charge in [0.2, 0.25) is 0 Å². The largest absolute Gasteiger partial charge is 0.484 e. The second kappa shape index (κ2) is 22.2. The molecule has 1 aromatic rings. The summed E-state index contributed by atoms with van der Waals surface area (Å²) in [5, 5.41) is 3.05. The van der Waals surface area contributed by atoms with Crippen LogP contribution in [-0.2, 0) is 25.9 Å². The second-order valence-corrected chi connectivity index (χ2v) is 5.83. The van der Waals surface area contributed by atoms with Crippen LogP contribution in [-0.4, -0.2) is 18.6 Å². The van der Waals surface area contributed by atoms with Crippen molar-refractivity contribution in [2.24, 2.45) is 5.92 Å². The molecular weight excluding hydrogens is 494 g/mol. The van der Waals surface area contributed by atoms with Gasteiger partial charge in [0.25, 0.3) is 5.91 Å². The maximum Gasteiger partial charge on any atom is 0.258 e. The first-order valence-corrected chi connectivity index (χ1v) is 10.1. The summed E-state index contributed by atoms with van der Waals surface area (Å²) in [4.78, 5) is 11.7. The van der Waals surface area contributed by atoms with E-state index in [1.165, 1.54) is 19.3 Å². The van der Waals surface area contributed by atoms with E-state index in [0.717, 1.165) is 24.5 Å². The molecule has 26 heavy (non-hydrogen) atoms. The fourth-order valence-electron chi connectivity index (χ4n) is 2.34. The molecule has 0 radical (unpaired) electrons. The first-order valence-electron chi connectivity index (χ1n) is 10.1. The zero-order valence-corrected chi connectivity index (χ0v) is 20.9. The van der Waals surface area contributed by atoms with E-state index in [-0.39, 0.29) is 33.6 Å². The number of hydrogen-bond donors (Lipinski definition) is 1. The number of carbonyl (C=O) groups excluding carboxylic acids is 1. The van der Waals surface area contributed by atoms with Crippen LogP contribution in [0.15, 0.2) is 30.3 Å². The van der Waals surface area contributed by atoms with Crippen molar-refractivity contribution in [1.29, 1.82) is 0 Å². The van der Waals surface area contributed by atoms with Gasteiger partial charge in [0.15, 0.2) is 6.61 Å². The minimum absolute atomic E-state index is 0. The minimum atomic E-state index is -0.0154. The van der Waals surface area contributed by atoms with Crippen molar-refractivity contribution < 1.29 is 30.6 Å². The molecule has 0 aromatic heterocycles. The Balaban J connectivity index is -0.000000585. The van der Waals surface area contributed by atoms with Gasteiger partial charge in [0.1, 0.15) is 5.75 Å². The topological polar surface area (TPSA) is 38.3 Å². The predicted octanol–water partition coefficient (Wildman–Crippen LogP) is 6.23. The molecule has 0 unspecified atom stereocenters.